The van der Waals surface area contributed by atoms with Crippen LogP contribution in [0.2, 0.25) is 0 Å². The minimum atomic E-state index is -0.298. The molecule has 2 aliphatic carbocycles. The number of nitrogens with zero attached hydrogens (tertiary/aromatic N) is 1. The summed E-state index contributed by atoms with van der Waals surface area (Å²) in [5.41, 5.74) is 2.62. The summed E-state index contributed by atoms with van der Waals surface area (Å²) in [6.45, 7) is 0. The molecule has 0 unspecified atom stereocenters. The number of thioether (sulfide) groups is 1. The molecule has 0 radical (unpaired) electrons. The van der Waals surface area contributed by atoms with Crippen molar-refractivity contribution in [3.63, 3.8) is 0 Å². The van der Waals surface area contributed by atoms with Gasteiger partial charge in [0.25, 0.3) is 0 Å². The van der Waals surface area contributed by atoms with Crippen molar-refractivity contribution in [3.05, 3.63) is 71.0 Å². The zero-order chi connectivity index (χ0) is 15.7. The number of benzene rings is 2. The van der Waals surface area contributed by atoms with Crippen LogP contribution >= 0.6 is 11.8 Å². The average Bonchev–Trinajstić information content (AvgIpc) is 3.37. The number of hydrogen-bond acceptors (Lipinski definition) is 2. The summed E-state index contributed by atoms with van der Waals surface area (Å²) in [4.78, 5) is 14.0. The van der Waals surface area contributed by atoms with Crippen LogP contribution in [0.3, 0.4) is 0 Å². The first kappa shape index (κ1) is 17.7. The van der Waals surface area contributed by atoms with E-state index in [-0.39, 0.29) is 35.6 Å². The quantitative estimate of drug-likeness (QED) is 0.806. The third kappa shape index (κ3) is 3.59. The third-order valence-corrected chi connectivity index (χ3v) is 6.24. The Labute approximate surface area is 160 Å². The topological polar surface area (TPSA) is 31.2 Å². The zero-order valence-electron chi connectivity index (χ0n) is 14.1. The van der Waals surface area contributed by atoms with Gasteiger partial charge < -0.3 is 10.1 Å². The second-order valence-electron chi connectivity index (χ2n) is 6.45. The number of hydrogen-bond donors (Lipinski definition) is 0. The molecule has 118 valence electrons. The Kier molecular flexibility index (Phi) is 5.45. The maximum absolute atomic E-state index is 12.8. The molecule has 0 bridgehead atoms. The maximum atomic E-state index is 12.8. The van der Waals surface area contributed by atoms with Gasteiger partial charge in [0.2, 0.25) is 0 Å². The molecule has 2 aliphatic rings. The van der Waals surface area contributed by atoms with Gasteiger partial charge in [0.15, 0.2) is 0 Å². The van der Waals surface area contributed by atoms with Crippen molar-refractivity contribution >= 4 is 17.7 Å². The molecule has 2 aromatic rings. The Morgan fingerprint density at radius 3 is 2.50 bits per heavy atom. The van der Waals surface area contributed by atoms with E-state index >= 15 is 0 Å². The molecule has 0 aromatic heterocycles. The standard InChI is InChI=1S/C20H21NOS.Li/c22-19(20(13-14-20)23-16-9-2-1-3-10-16)21-18-12-6-8-15-7-4-5-11-17(15)18;/h1-5,7,9-11,18H,6,8,12-14H2,(H,21,22);/q;+1/p-1/t18-;/m1./s1. The number of amides is 1. The maximum Gasteiger partial charge on any atom is 1.00 e. The van der Waals surface area contributed by atoms with Crippen LogP contribution in [0.25, 0.3) is 5.32 Å². The van der Waals surface area contributed by atoms with Crippen LogP contribution in [-0.2, 0) is 11.2 Å². The van der Waals surface area contributed by atoms with Crippen LogP contribution in [0.15, 0.2) is 59.5 Å². The minimum absolute atomic E-state index is 0. The van der Waals surface area contributed by atoms with Crippen molar-refractivity contribution in [1.29, 1.82) is 0 Å². The molecule has 0 aliphatic heterocycles. The first-order valence-corrected chi connectivity index (χ1v) is 9.16. The molecular weight excluding hydrogens is 309 g/mol. The summed E-state index contributed by atoms with van der Waals surface area (Å²) >= 11 is 1.69. The van der Waals surface area contributed by atoms with Crippen molar-refractivity contribution in [1.82, 2.24) is 0 Å². The predicted molar refractivity (Wildman–Crippen MR) is 94.8 cm³/mol. The molecule has 4 rings (SSSR count). The van der Waals surface area contributed by atoms with Crippen LogP contribution in [-0.4, -0.2) is 10.7 Å². The fourth-order valence-electron chi connectivity index (χ4n) is 3.31. The Hall–Kier alpha value is -1.14. The van der Waals surface area contributed by atoms with Gasteiger partial charge >= 0.3 is 18.9 Å². The summed E-state index contributed by atoms with van der Waals surface area (Å²) in [5, 5.41) is 4.65. The van der Waals surface area contributed by atoms with Crippen LogP contribution < -0.4 is 18.9 Å². The van der Waals surface area contributed by atoms with Crippen LogP contribution in [0, 0.1) is 0 Å². The molecule has 0 heterocycles. The third-order valence-electron chi connectivity index (χ3n) is 4.76. The van der Waals surface area contributed by atoms with E-state index in [1.807, 2.05) is 18.2 Å². The van der Waals surface area contributed by atoms with Gasteiger partial charge in [-0.3, -0.25) is 0 Å². The van der Waals surface area contributed by atoms with Crippen LogP contribution in [0.1, 0.15) is 42.9 Å². The molecule has 0 spiro atoms. The van der Waals surface area contributed by atoms with Crippen molar-refractivity contribution in [2.24, 2.45) is 0 Å². The summed E-state index contributed by atoms with van der Waals surface area (Å²) in [6.07, 6.45) is 5.12. The van der Waals surface area contributed by atoms with E-state index in [2.05, 4.69) is 41.7 Å². The van der Waals surface area contributed by atoms with E-state index in [0.717, 1.165) is 37.0 Å². The molecule has 24 heavy (non-hydrogen) atoms. The van der Waals surface area contributed by atoms with E-state index in [1.165, 1.54) is 11.1 Å². The molecule has 1 fully saturated rings. The molecule has 1 atom stereocenters. The average molecular weight is 329 g/mol. The fourth-order valence-corrected chi connectivity index (χ4v) is 4.50. The summed E-state index contributed by atoms with van der Waals surface area (Å²) in [5.74, 6) is 0.0908. The van der Waals surface area contributed by atoms with Crippen molar-refractivity contribution in [2.45, 2.75) is 47.8 Å². The van der Waals surface area contributed by atoms with Gasteiger partial charge in [0, 0.05) is 4.90 Å². The summed E-state index contributed by atoms with van der Waals surface area (Å²) in [7, 11) is 0. The molecule has 2 nitrogen and oxygen atoms in total. The Morgan fingerprint density at radius 1 is 1.04 bits per heavy atom. The minimum Gasteiger partial charge on any atom is -0.646 e. The normalized spacial score (nSPS) is 20.4. The molecule has 0 N–H and O–H groups in total. The zero-order valence-corrected chi connectivity index (χ0v) is 14.9. The van der Waals surface area contributed by atoms with Crippen molar-refractivity contribution < 1.29 is 23.7 Å². The van der Waals surface area contributed by atoms with Crippen LogP contribution in [0.5, 0.6) is 0 Å². The van der Waals surface area contributed by atoms with Gasteiger partial charge in [-0.05, 0) is 37.0 Å². The van der Waals surface area contributed by atoms with Gasteiger partial charge in [-0.1, -0.05) is 66.9 Å². The number of rotatable bonds is 4. The molecule has 1 saturated carbocycles. The smallest absolute Gasteiger partial charge is 0.646 e. The summed E-state index contributed by atoms with van der Waals surface area (Å²) in [6, 6.07) is 18.7. The van der Waals surface area contributed by atoms with Gasteiger partial charge in [-0.15, -0.1) is 11.8 Å². The second kappa shape index (κ2) is 7.40. The van der Waals surface area contributed by atoms with Crippen molar-refractivity contribution in [3.8, 4) is 0 Å². The molecular formula is C20H20LiNOS. The summed E-state index contributed by atoms with van der Waals surface area (Å²) < 4.78 is -0.298. The molecule has 1 amide bonds. The predicted octanol–water partition coefficient (Wildman–Crippen LogP) is 2.29. The van der Waals surface area contributed by atoms with E-state index in [9.17, 15) is 4.79 Å². The van der Waals surface area contributed by atoms with E-state index in [1.54, 1.807) is 11.8 Å². The monoisotopic (exact) mass is 329 g/mol. The number of aryl methyl sites for hydroxylation is 1. The van der Waals surface area contributed by atoms with Gasteiger partial charge in [0.05, 0.1) is 10.7 Å². The van der Waals surface area contributed by atoms with Crippen LogP contribution in [0.4, 0.5) is 0 Å². The number of carbonyl (C=O) groups excluding carboxylic acids is 1. The van der Waals surface area contributed by atoms with Gasteiger partial charge in [-0.2, -0.15) is 0 Å². The number of carbonyl (C=O) groups is 1. The number of fused-ring (bicyclic) bond motifs is 1. The largest absolute Gasteiger partial charge is 1.00 e. The Bertz CT molecular complexity index is 715. The van der Waals surface area contributed by atoms with Crippen molar-refractivity contribution in [2.75, 3.05) is 0 Å². The molecule has 4 heteroatoms. The SMILES string of the molecule is O=C([N-][C@@H]1CCCc2ccccc21)C1(Sc2ccccc2)CC1.[Li+]. The second-order valence-corrected chi connectivity index (χ2v) is 7.91. The Balaban J connectivity index is 0.00000169. The molecule has 0 saturated heterocycles. The van der Waals surface area contributed by atoms with E-state index in [4.69, 9.17) is 0 Å². The van der Waals surface area contributed by atoms with Gasteiger partial charge in [0.1, 0.15) is 0 Å². The first-order chi connectivity index (χ1) is 11.3. The first-order valence-electron chi connectivity index (χ1n) is 8.34. The fraction of sp³-hybridized carbons (Fsp3) is 0.350. The van der Waals surface area contributed by atoms with E-state index in [0.29, 0.717) is 0 Å². The van der Waals surface area contributed by atoms with Gasteiger partial charge in [-0.25, -0.2) is 0 Å². The Morgan fingerprint density at radius 2 is 1.75 bits per heavy atom. The molecule has 2 aromatic carbocycles. The van der Waals surface area contributed by atoms with E-state index < -0.39 is 0 Å².